The zero-order valence-corrected chi connectivity index (χ0v) is 12.1. The van der Waals surface area contributed by atoms with E-state index in [1.807, 2.05) is 0 Å². The fourth-order valence-corrected chi connectivity index (χ4v) is 2.16. The summed E-state index contributed by atoms with van der Waals surface area (Å²) in [5.41, 5.74) is 0.829. The van der Waals surface area contributed by atoms with Crippen molar-refractivity contribution in [2.24, 2.45) is 5.90 Å². The van der Waals surface area contributed by atoms with Crippen molar-refractivity contribution in [1.82, 2.24) is 9.97 Å². The first-order chi connectivity index (χ1) is 11.1. The molecule has 6 nitrogen and oxygen atoms in total. The van der Waals surface area contributed by atoms with Gasteiger partial charge in [-0.1, -0.05) is 16.6 Å². The van der Waals surface area contributed by atoms with E-state index in [2.05, 4.69) is 25.2 Å². The minimum atomic E-state index is -0.697. The van der Waals surface area contributed by atoms with Crippen molar-refractivity contribution in [3.05, 3.63) is 53.3 Å². The van der Waals surface area contributed by atoms with Crippen LogP contribution in [0, 0.1) is 11.6 Å². The number of rotatable bonds is 4. The molecule has 0 saturated carbocycles. The number of anilines is 2. The van der Waals surface area contributed by atoms with Gasteiger partial charge in [0.2, 0.25) is 5.75 Å². The monoisotopic (exact) mass is 338 g/mol. The van der Waals surface area contributed by atoms with Crippen LogP contribution in [-0.4, -0.2) is 9.97 Å². The van der Waals surface area contributed by atoms with Gasteiger partial charge in [-0.25, -0.2) is 18.7 Å². The minimum Gasteiger partial charge on any atom is -0.340 e. The Balaban J connectivity index is 2.05. The minimum absolute atomic E-state index is 0.0417. The largest absolute Gasteiger partial charge is 0.340 e. The molecule has 0 atom stereocenters. The van der Waals surface area contributed by atoms with Gasteiger partial charge in [0.15, 0.2) is 5.82 Å². The Morgan fingerprint density at radius 1 is 1.09 bits per heavy atom. The number of hydrogen-bond donors (Lipinski definition) is 2. The first-order valence-electron chi connectivity index (χ1n) is 6.28. The number of nitrogens with zero attached hydrogens (tertiary/aromatic N) is 2. The smallest absolute Gasteiger partial charge is 0.203 e. The highest BCUT2D eigenvalue weighted by Gasteiger charge is 2.12. The van der Waals surface area contributed by atoms with Crippen LogP contribution in [0.1, 0.15) is 0 Å². The van der Waals surface area contributed by atoms with Crippen molar-refractivity contribution in [2.75, 3.05) is 5.32 Å². The molecule has 0 fully saturated rings. The van der Waals surface area contributed by atoms with Crippen molar-refractivity contribution < 1.29 is 18.7 Å². The molecule has 0 aliphatic carbocycles. The van der Waals surface area contributed by atoms with Crippen molar-refractivity contribution in [1.29, 1.82) is 0 Å². The molecule has 118 valence electrons. The molecule has 0 aliphatic rings. The van der Waals surface area contributed by atoms with Gasteiger partial charge in [-0.2, -0.15) is 5.90 Å². The lowest BCUT2D eigenvalue weighted by Gasteiger charge is -2.10. The average Bonchev–Trinajstić information content (AvgIpc) is 2.52. The van der Waals surface area contributed by atoms with Crippen LogP contribution < -0.4 is 16.1 Å². The van der Waals surface area contributed by atoms with E-state index in [0.717, 1.165) is 6.07 Å². The van der Waals surface area contributed by atoms with Crippen LogP contribution in [0.4, 0.5) is 20.3 Å². The average molecular weight is 339 g/mol. The van der Waals surface area contributed by atoms with Gasteiger partial charge >= 0.3 is 0 Å². The lowest BCUT2D eigenvalue weighted by atomic mass is 10.2. The molecule has 0 amide bonds. The fourth-order valence-electron chi connectivity index (χ4n) is 1.98. The van der Waals surface area contributed by atoms with Crippen molar-refractivity contribution in [2.45, 2.75) is 0 Å². The molecule has 23 heavy (non-hydrogen) atoms. The van der Waals surface area contributed by atoms with E-state index < -0.39 is 11.6 Å². The molecule has 0 bridgehead atoms. The maximum absolute atomic E-state index is 13.8. The van der Waals surface area contributed by atoms with Crippen molar-refractivity contribution in [3.8, 4) is 5.75 Å². The Morgan fingerprint density at radius 2 is 1.91 bits per heavy atom. The zero-order chi connectivity index (χ0) is 16.4. The van der Waals surface area contributed by atoms with E-state index >= 15 is 0 Å². The van der Waals surface area contributed by atoms with Crippen LogP contribution in [0.5, 0.6) is 5.75 Å². The molecular weight excluding hydrogens is 330 g/mol. The van der Waals surface area contributed by atoms with Crippen LogP contribution in [-0.2, 0) is 4.99 Å². The van der Waals surface area contributed by atoms with E-state index in [-0.39, 0.29) is 10.8 Å². The molecule has 2 aromatic carbocycles. The van der Waals surface area contributed by atoms with Gasteiger partial charge in [0.25, 0.3) is 0 Å². The molecule has 0 unspecified atom stereocenters. The van der Waals surface area contributed by atoms with E-state index in [1.54, 1.807) is 0 Å². The summed E-state index contributed by atoms with van der Waals surface area (Å²) in [6.07, 6.45) is 1.26. The zero-order valence-electron chi connectivity index (χ0n) is 11.4. The molecular formula is C14H9ClF2N4O2. The van der Waals surface area contributed by atoms with E-state index in [1.165, 1.54) is 30.6 Å². The summed E-state index contributed by atoms with van der Waals surface area (Å²) in [5.74, 6) is 3.66. The van der Waals surface area contributed by atoms with E-state index in [4.69, 9.17) is 17.5 Å². The Bertz CT molecular complexity index is 879. The van der Waals surface area contributed by atoms with Crippen molar-refractivity contribution in [3.63, 3.8) is 0 Å². The number of benzene rings is 2. The van der Waals surface area contributed by atoms with Crippen LogP contribution in [0.25, 0.3) is 10.9 Å². The predicted molar refractivity (Wildman–Crippen MR) is 80.1 cm³/mol. The highest BCUT2D eigenvalue weighted by Crippen LogP contribution is 2.30. The van der Waals surface area contributed by atoms with Gasteiger partial charge in [0, 0.05) is 23.2 Å². The molecule has 0 spiro atoms. The second-order valence-electron chi connectivity index (χ2n) is 4.46. The Labute approximate surface area is 133 Å². The predicted octanol–water partition coefficient (Wildman–Crippen LogP) is 3.49. The fraction of sp³-hybridized carbons (Fsp3) is 0. The molecule has 9 heteroatoms. The number of halogens is 3. The maximum Gasteiger partial charge on any atom is 0.203 e. The molecule has 3 N–H and O–H groups in total. The first kappa shape index (κ1) is 15.3. The molecule has 3 aromatic rings. The summed E-state index contributed by atoms with van der Waals surface area (Å²) in [5, 5.41) is 3.36. The van der Waals surface area contributed by atoms with Crippen LogP contribution in [0.3, 0.4) is 0 Å². The molecule has 1 heterocycles. The number of nitrogens with two attached hydrogens (primary N) is 1. The van der Waals surface area contributed by atoms with Crippen LogP contribution >= 0.6 is 11.6 Å². The molecule has 0 aliphatic heterocycles. The van der Waals surface area contributed by atoms with Gasteiger partial charge in [0.1, 0.15) is 18.0 Å². The summed E-state index contributed by atoms with van der Waals surface area (Å²) in [6.45, 7) is 0. The van der Waals surface area contributed by atoms with Crippen molar-refractivity contribution >= 4 is 34.0 Å². The van der Waals surface area contributed by atoms with E-state index in [0.29, 0.717) is 22.4 Å². The first-order valence-corrected chi connectivity index (χ1v) is 6.66. The number of fused-ring (bicyclic) bond motifs is 1. The summed E-state index contributed by atoms with van der Waals surface area (Å²) in [7, 11) is 0. The highest BCUT2D eigenvalue weighted by molar-refractivity contribution is 6.31. The second kappa shape index (κ2) is 6.29. The van der Waals surface area contributed by atoms with Gasteiger partial charge in [-0.15, -0.1) is 0 Å². The molecule has 0 radical (unpaired) electrons. The second-order valence-corrected chi connectivity index (χ2v) is 4.86. The van der Waals surface area contributed by atoms with Crippen LogP contribution in [0.15, 0.2) is 36.7 Å². The van der Waals surface area contributed by atoms with Gasteiger partial charge in [-0.05, 0) is 18.2 Å². The Hall–Kier alpha value is -2.55. The van der Waals surface area contributed by atoms with Crippen LogP contribution in [0.2, 0.25) is 5.02 Å². The topological polar surface area (TPSA) is 82.3 Å². The third-order valence-corrected chi connectivity index (χ3v) is 3.30. The normalized spacial score (nSPS) is 10.8. The Kier molecular flexibility index (Phi) is 4.20. The maximum atomic E-state index is 13.8. The van der Waals surface area contributed by atoms with Gasteiger partial charge in [0.05, 0.1) is 10.5 Å². The third-order valence-electron chi connectivity index (χ3n) is 3.01. The standard InChI is InChI=1S/C14H9ClF2N4O2/c15-9-3-7(1-2-10(9)16)21-14-8-4-13(22-23-18)11(17)5-12(8)19-6-20-14/h1-6H,18H2,(H,19,20,21). The number of hydrogen-bond acceptors (Lipinski definition) is 6. The van der Waals surface area contributed by atoms with Gasteiger partial charge in [-0.3, -0.25) is 0 Å². The summed E-state index contributed by atoms with van der Waals surface area (Å²) >= 11 is 5.74. The van der Waals surface area contributed by atoms with Gasteiger partial charge < -0.3 is 10.2 Å². The third kappa shape index (κ3) is 3.14. The lowest BCUT2D eigenvalue weighted by Crippen LogP contribution is -2.05. The molecule has 3 rings (SSSR count). The lowest BCUT2D eigenvalue weighted by molar-refractivity contribution is -0.213. The summed E-state index contributed by atoms with van der Waals surface area (Å²) in [6, 6.07) is 6.57. The summed E-state index contributed by atoms with van der Waals surface area (Å²) in [4.78, 5) is 16.6. The number of aromatic nitrogens is 2. The number of nitrogens with one attached hydrogen (secondary N) is 1. The summed E-state index contributed by atoms with van der Waals surface area (Å²) < 4.78 is 27.0. The Morgan fingerprint density at radius 3 is 2.65 bits per heavy atom. The SMILES string of the molecule is NOOc1cc2c(Nc3ccc(F)c(Cl)c3)ncnc2cc1F. The molecule has 1 aromatic heterocycles. The quantitative estimate of drug-likeness (QED) is 0.560. The highest BCUT2D eigenvalue weighted by atomic mass is 35.5. The molecule has 0 saturated heterocycles. The van der Waals surface area contributed by atoms with E-state index in [9.17, 15) is 8.78 Å².